The smallest absolute Gasteiger partial charge is 0.405 e. The molecule has 3 aromatic rings. The number of rotatable bonds is 9. The number of primary amides is 1. The topological polar surface area (TPSA) is 124 Å². The zero-order valence-corrected chi connectivity index (χ0v) is 22.4. The number of aliphatic hydroxyl groups excluding tert-OH is 1. The van der Waals surface area contributed by atoms with Crippen LogP contribution < -0.4 is 5.73 Å². The molecule has 3 rings (SSSR count). The average molecular weight is 544 g/mol. The molecule has 3 N–H and O–H groups in total. The molecular formula is C28H30ClNO6S. The van der Waals surface area contributed by atoms with Crippen LogP contribution >= 0.6 is 11.6 Å². The fourth-order valence-corrected chi connectivity index (χ4v) is 5.65. The van der Waals surface area contributed by atoms with E-state index in [1.165, 1.54) is 36.4 Å². The summed E-state index contributed by atoms with van der Waals surface area (Å²) in [6, 6.07) is 18.7. The van der Waals surface area contributed by atoms with Crippen molar-refractivity contribution in [3.05, 3.63) is 94.5 Å². The molecule has 1 unspecified atom stereocenters. The Balaban J connectivity index is 1.95. The second-order valence-corrected chi connectivity index (χ2v) is 12.3. The number of carbonyl (C=O) groups is 2. The maximum atomic E-state index is 13.0. The highest BCUT2D eigenvalue weighted by molar-refractivity contribution is 7.91. The van der Waals surface area contributed by atoms with Crippen LogP contribution in [-0.4, -0.2) is 31.5 Å². The van der Waals surface area contributed by atoms with Crippen molar-refractivity contribution in [1.82, 2.24) is 0 Å². The van der Waals surface area contributed by atoms with E-state index < -0.39 is 33.1 Å². The van der Waals surface area contributed by atoms with Gasteiger partial charge in [-0.05, 0) is 47.5 Å². The lowest BCUT2D eigenvalue weighted by Gasteiger charge is -2.45. The van der Waals surface area contributed by atoms with Crippen molar-refractivity contribution >= 4 is 33.8 Å². The van der Waals surface area contributed by atoms with Crippen molar-refractivity contribution in [2.75, 3.05) is 0 Å². The molecule has 0 aliphatic heterocycles. The number of aliphatic hydroxyl groups is 1. The first-order chi connectivity index (χ1) is 17.3. The van der Waals surface area contributed by atoms with Crippen molar-refractivity contribution in [1.29, 1.82) is 0 Å². The fourth-order valence-electron chi connectivity index (χ4n) is 4.19. The number of carbonyl (C=O) groups excluding carboxylic acids is 2. The molecule has 0 fully saturated rings. The third kappa shape index (κ3) is 6.57. The van der Waals surface area contributed by atoms with E-state index in [1.807, 2.05) is 20.8 Å². The summed E-state index contributed by atoms with van der Waals surface area (Å²) in [7, 11) is -3.80. The van der Waals surface area contributed by atoms with Gasteiger partial charge in [0, 0.05) is 28.8 Å². The van der Waals surface area contributed by atoms with Gasteiger partial charge in [0.25, 0.3) is 0 Å². The Morgan fingerprint density at radius 1 is 1.03 bits per heavy atom. The highest BCUT2D eigenvalue weighted by Crippen LogP contribution is 2.43. The van der Waals surface area contributed by atoms with Gasteiger partial charge in [0.1, 0.15) is 11.9 Å². The fraction of sp³-hybridized carbons (Fsp3) is 0.286. The van der Waals surface area contributed by atoms with Crippen LogP contribution in [0.4, 0.5) is 4.79 Å². The van der Waals surface area contributed by atoms with Gasteiger partial charge in [0.2, 0.25) is 9.84 Å². The van der Waals surface area contributed by atoms with Crippen molar-refractivity contribution in [3.8, 4) is 0 Å². The maximum Gasteiger partial charge on any atom is 0.405 e. The molecule has 0 aromatic heterocycles. The van der Waals surface area contributed by atoms with Gasteiger partial charge in [-0.15, -0.1) is 0 Å². The third-order valence-electron chi connectivity index (χ3n) is 6.47. The summed E-state index contributed by atoms with van der Waals surface area (Å²) in [6.45, 7) is 5.63. The Morgan fingerprint density at radius 2 is 1.59 bits per heavy atom. The van der Waals surface area contributed by atoms with Gasteiger partial charge in [-0.3, -0.25) is 4.79 Å². The van der Waals surface area contributed by atoms with Gasteiger partial charge < -0.3 is 15.6 Å². The monoisotopic (exact) mass is 543 g/mol. The van der Waals surface area contributed by atoms with Gasteiger partial charge in [0.15, 0.2) is 0 Å². The van der Waals surface area contributed by atoms with Crippen LogP contribution in [0, 0.1) is 5.41 Å². The summed E-state index contributed by atoms with van der Waals surface area (Å²) in [5.41, 5.74) is 5.21. The molecule has 0 aliphatic rings. The lowest BCUT2D eigenvalue weighted by atomic mass is 9.69. The first-order valence-electron chi connectivity index (χ1n) is 11.6. The van der Waals surface area contributed by atoms with Gasteiger partial charge >= 0.3 is 6.09 Å². The van der Waals surface area contributed by atoms with Gasteiger partial charge in [-0.25, -0.2) is 13.2 Å². The highest BCUT2D eigenvalue weighted by atomic mass is 35.5. The van der Waals surface area contributed by atoms with Crippen molar-refractivity contribution in [2.24, 2.45) is 11.1 Å². The largest absolute Gasteiger partial charge is 0.442 e. The van der Waals surface area contributed by atoms with E-state index >= 15 is 0 Å². The van der Waals surface area contributed by atoms with Crippen molar-refractivity contribution in [3.63, 3.8) is 0 Å². The second-order valence-electron chi connectivity index (χ2n) is 9.95. The van der Waals surface area contributed by atoms with Crippen LogP contribution in [0.3, 0.4) is 0 Å². The number of benzene rings is 3. The normalized spacial score (nSPS) is 14.4. The van der Waals surface area contributed by atoms with E-state index in [2.05, 4.69) is 0 Å². The third-order valence-corrected chi connectivity index (χ3v) is 8.49. The van der Waals surface area contributed by atoms with E-state index in [1.54, 1.807) is 36.4 Å². The van der Waals surface area contributed by atoms with E-state index in [-0.39, 0.29) is 22.6 Å². The van der Waals surface area contributed by atoms with Crippen LogP contribution in [0.1, 0.15) is 54.8 Å². The van der Waals surface area contributed by atoms with Crippen LogP contribution in [-0.2, 0) is 21.0 Å². The lowest BCUT2D eigenvalue weighted by Crippen LogP contribution is -2.51. The van der Waals surface area contributed by atoms with Crippen molar-refractivity contribution in [2.45, 2.75) is 55.1 Å². The Bertz CT molecular complexity index is 1370. The summed E-state index contributed by atoms with van der Waals surface area (Å²) in [5, 5.41) is 11.5. The number of ether oxygens (including phenoxy) is 1. The number of sulfone groups is 1. The number of aldehydes is 1. The summed E-state index contributed by atoms with van der Waals surface area (Å²) < 4.78 is 31.8. The average Bonchev–Trinajstić information content (AvgIpc) is 2.83. The van der Waals surface area contributed by atoms with E-state index in [4.69, 9.17) is 22.1 Å². The Labute approximate surface area is 222 Å². The summed E-state index contributed by atoms with van der Waals surface area (Å²) in [4.78, 5) is 23.0. The lowest BCUT2D eigenvalue weighted by molar-refractivity contribution is -0.0931. The Hall–Kier alpha value is -3.20. The quantitative estimate of drug-likeness (QED) is 0.342. The number of nitrogens with two attached hydrogens (primary N) is 1. The molecule has 0 saturated heterocycles. The maximum absolute atomic E-state index is 13.0. The molecule has 0 bridgehead atoms. The number of amides is 1. The predicted octanol–water partition coefficient (Wildman–Crippen LogP) is 5.53. The highest BCUT2D eigenvalue weighted by Gasteiger charge is 2.47. The number of halogens is 1. The molecule has 0 radical (unpaired) electrons. The standard InChI is InChI=1S/C28H30ClNO6S/c1-27(2,3)28(36-26(30)33,17-25(32)21-5-4-6-22(29)15-21)16-19-7-11-23(12-8-19)37(34,35)24-13-9-20(18-31)10-14-24/h4-15,18,25,32H,16-17H2,1-3H3,(H2,30,33)/t25-,28?/m1/s1. The van der Waals surface area contributed by atoms with E-state index in [0.29, 0.717) is 28.0 Å². The SMILES string of the molecule is CC(C)(C)C(Cc1ccc(S(=O)(=O)c2ccc(C=O)cc2)cc1)(C[C@@H](O)c1cccc(Cl)c1)OC(N)=O. The molecule has 0 heterocycles. The molecule has 0 aliphatic carbocycles. The zero-order valence-electron chi connectivity index (χ0n) is 20.8. The number of hydrogen-bond donors (Lipinski definition) is 2. The minimum Gasteiger partial charge on any atom is -0.442 e. The first-order valence-corrected chi connectivity index (χ1v) is 13.4. The minimum atomic E-state index is -3.80. The zero-order chi connectivity index (χ0) is 27.4. The minimum absolute atomic E-state index is 0.0307. The molecule has 7 nitrogen and oxygen atoms in total. The summed E-state index contributed by atoms with van der Waals surface area (Å²) in [5.74, 6) is 0. The van der Waals surface area contributed by atoms with Gasteiger partial charge in [-0.1, -0.05) is 68.8 Å². The molecular weight excluding hydrogens is 514 g/mol. The Kier molecular flexibility index (Phi) is 8.47. The molecule has 3 aromatic carbocycles. The van der Waals surface area contributed by atoms with Crippen LogP contribution in [0.15, 0.2) is 82.6 Å². The molecule has 9 heteroatoms. The van der Waals surface area contributed by atoms with Crippen molar-refractivity contribution < 1.29 is 27.9 Å². The molecule has 0 saturated carbocycles. The Morgan fingerprint density at radius 3 is 2.08 bits per heavy atom. The number of hydrogen-bond acceptors (Lipinski definition) is 6. The first kappa shape index (κ1) is 28.4. The molecule has 196 valence electrons. The molecule has 2 atom stereocenters. The summed E-state index contributed by atoms with van der Waals surface area (Å²) >= 11 is 6.09. The van der Waals surface area contributed by atoms with Gasteiger partial charge in [0.05, 0.1) is 15.9 Å². The summed E-state index contributed by atoms with van der Waals surface area (Å²) in [6.07, 6.45) is -1.14. The molecule has 1 amide bonds. The van der Waals surface area contributed by atoms with Crippen LogP contribution in [0.5, 0.6) is 0 Å². The molecule has 0 spiro atoms. The van der Waals surface area contributed by atoms with E-state index in [0.717, 1.165) is 0 Å². The van der Waals surface area contributed by atoms with Crippen LogP contribution in [0.25, 0.3) is 0 Å². The van der Waals surface area contributed by atoms with Gasteiger partial charge in [-0.2, -0.15) is 0 Å². The second kappa shape index (κ2) is 11.0. The van der Waals surface area contributed by atoms with Crippen LogP contribution in [0.2, 0.25) is 5.02 Å². The molecule has 37 heavy (non-hydrogen) atoms. The predicted molar refractivity (Wildman–Crippen MR) is 141 cm³/mol. The van der Waals surface area contributed by atoms with E-state index in [9.17, 15) is 23.1 Å².